The van der Waals surface area contributed by atoms with Crippen LogP contribution in [0.15, 0.2) is 26.4 Å². The second-order valence-electron chi connectivity index (χ2n) is 3.52. The molecule has 0 N–H and O–H groups in total. The first kappa shape index (κ1) is 11.6. The number of aryl methyl sites for hydroxylation is 2. The Labute approximate surface area is 106 Å². The molecule has 2 rings (SSSR count). The summed E-state index contributed by atoms with van der Waals surface area (Å²) in [6, 6.07) is 5.47. The van der Waals surface area contributed by atoms with Crippen molar-refractivity contribution in [3.05, 3.63) is 43.9 Å². The Morgan fingerprint density at radius 1 is 1.50 bits per heavy atom. The minimum Gasteiger partial charge on any atom is -0.458 e. The highest BCUT2D eigenvalue weighted by Gasteiger charge is 2.16. The molecule has 0 aliphatic heterocycles. The van der Waals surface area contributed by atoms with Gasteiger partial charge in [0.25, 0.3) is 0 Å². The molecule has 2 nitrogen and oxygen atoms in total. The van der Waals surface area contributed by atoms with E-state index in [2.05, 4.69) is 15.9 Å². The van der Waals surface area contributed by atoms with E-state index in [1.165, 1.54) is 11.3 Å². The largest absolute Gasteiger partial charge is 0.458 e. The van der Waals surface area contributed by atoms with Crippen molar-refractivity contribution in [1.29, 1.82) is 0 Å². The standard InChI is InChI=1S/C12H11BrO2S/c1-3-8-4-5-9(15-8)11(14)10-6-7(2)12(13)16-10/h4-6H,3H2,1-2H3. The average molecular weight is 299 g/mol. The predicted octanol–water partition coefficient (Wildman–Crippen LogP) is 4.21. The fourth-order valence-corrected chi connectivity index (χ4v) is 2.86. The Morgan fingerprint density at radius 2 is 2.25 bits per heavy atom. The van der Waals surface area contributed by atoms with Crippen molar-refractivity contribution >= 4 is 33.0 Å². The quantitative estimate of drug-likeness (QED) is 0.795. The second kappa shape index (κ2) is 4.55. The topological polar surface area (TPSA) is 30.2 Å². The highest BCUT2D eigenvalue weighted by atomic mass is 79.9. The van der Waals surface area contributed by atoms with E-state index in [9.17, 15) is 4.79 Å². The number of hydrogen-bond donors (Lipinski definition) is 0. The van der Waals surface area contributed by atoms with Gasteiger partial charge < -0.3 is 4.42 Å². The summed E-state index contributed by atoms with van der Waals surface area (Å²) in [7, 11) is 0. The van der Waals surface area contributed by atoms with E-state index in [-0.39, 0.29) is 5.78 Å². The maximum atomic E-state index is 12.0. The molecule has 2 aromatic rings. The van der Waals surface area contributed by atoms with Crippen LogP contribution in [0.2, 0.25) is 0 Å². The van der Waals surface area contributed by atoms with Crippen molar-refractivity contribution < 1.29 is 9.21 Å². The van der Waals surface area contributed by atoms with Crippen molar-refractivity contribution in [2.45, 2.75) is 20.3 Å². The zero-order chi connectivity index (χ0) is 11.7. The fourth-order valence-electron chi connectivity index (χ4n) is 1.38. The highest BCUT2D eigenvalue weighted by Crippen LogP contribution is 2.29. The summed E-state index contributed by atoms with van der Waals surface area (Å²) in [4.78, 5) is 12.7. The van der Waals surface area contributed by atoms with E-state index >= 15 is 0 Å². The fraction of sp³-hybridized carbons (Fsp3) is 0.250. The van der Waals surface area contributed by atoms with Crippen molar-refractivity contribution in [3.8, 4) is 0 Å². The summed E-state index contributed by atoms with van der Waals surface area (Å²) in [5.41, 5.74) is 1.08. The molecular formula is C12H11BrO2S. The second-order valence-corrected chi connectivity index (χ2v) is 5.89. The van der Waals surface area contributed by atoms with Gasteiger partial charge in [-0.3, -0.25) is 4.79 Å². The van der Waals surface area contributed by atoms with Gasteiger partial charge in [0.15, 0.2) is 5.76 Å². The molecule has 0 aromatic carbocycles. The SMILES string of the molecule is CCc1ccc(C(=O)c2cc(C)c(Br)s2)o1. The Morgan fingerprint density at radius 3 is 2.75 bits per heavy atom. The normalized spacial score (nSPS) is 10.7. The lowest BCUT2D eigenvalue weighted by Crippen LogP contribution is -1.95. The van der Waals surface area contributed by atoms with E-state index in [4.69, 9.17) is 4.42 Å². The molecule has 2 aromatic heterocycles. The molecule has 0 saturated carbocycles. The van der Waals surface area contributed by atoms with Crippen molar-refractivity contribution in [3.63, 3.8) is 0 Å². The van der Waals surface area contributed by atoms with Gasteiger partial charge in [-0.1, -0.05) is 6.92 Å². The molecule has 84 valence electrons. The van der Waals surface area contributed by atoms with Gasteiger partial charge in [-0.2, -0.15) is 0 Å². The van der Waals surface area contributed by atoms with Crippen LogP contribution < -0.4 is 0 Å². The van der Waals surface area contributed by atoms with Crippen LogP contribution in [-0.4, -0.2) is 5.78 Å². The number of rotatable bonds is 3. The monoisotopic (exact) mass is 298 g/mol. The van der Waals surface area contributed by atoms with Crippen LogP contribution in [0.1, 0.15) is 33.7 Å². The molecule has 0 unspecified atom stereocenters. The van der Waals surface area contributed by atoms with Crippen molar-refractivity contribution in [1.82, 2.24) is 0 Å². The Bertz CT molecular complexity index is 505. The molecule has 0 bridgehead atoms. The molecule has 0 atom stereocenters. The zero-order valence-electron chi connectivity index (χ0n) is 9.04. The third kappa shape index (κ3) is 2.13. The molecule has 16 heavy (non-hydrogen) atoms. The van der Waals surface area contributed by atoms with E-state index in [1.54, 1.807) is 6.07 Å². The summed E-state index contributed by atoms with van der Waals surface area (Å²) in [6.45, 7) is 3.97. The molecule has 0 radical (unpaired) electrons. The van der Waals surface area contributed by atoms with Gasteiger partial charge in [0.1, 0.15) is 5.76 Å². The van der Waals surface area contributed by atoms with Gasteiger partial charge in [-0.05, 0) is 46.6 Å². The van der Waals surface area contributed by atoms with Gasteiger partial charge >= 0.3 is 0 Å². The van der Waals surface area contributed by atoms with Crippen LogP contribution in [0.3, 0.4) is 0 Å². The third-order valence-corrected chi connectivity index (χ3v) is 4.45. The molecule has 0 amide bonds. The van der Waals surface area contributed by atoms with Crippen LogP contribution in [0.5, 0.6) is 0 Å². The first-order chi connectivity index (χ1) is 7.61. The minimum absolute atomic E-state index is 0.0431. The van der Waals surface area contributed by atoms with E-state index in [1.807, 2.05) is 26.0 Å². The maximum absolute atomic E-state index is 12.0. The molecule has 0 aliphatic carbocycles. The van der Waals surface area contributed by atoms with Crippen LogP contribution in [0.4, 0.5) is 0 Å². The molecule has 0 saturated heterocycles. The molecule has 0 aliphatic rings. The number of carbonyl (C=O) groups excluding carboxylic acids is 1. The predicted molar refractivity (Wildman–Crippen MR) is 68.3 cm³/mol. The summed E-state index contributed by atoms with van der Waals surface area (Å²) >= 11 is 4.85. The zero-order valence-corrected chi connectivity index (χ0v) is 11.4. The molecule has 2 heterocycles. The van der Waals surface area contributed by atoms with E-state index in [0.29, 0.717) is 10.6 Å². The van der Waals surface area contributed by atoms with Gasteiger partial charge in [0, 0.05) is 6.42 Å². The van der Waals surface area contributed by atoms with Gasteiger partial charge in [0.2, 0.25) is 5.78 Å². The van der Waals surface area contributed by atoms with E-state index < -0.39 is 0 Å². The Kier molecular flexibility index (Phi) is 3.30. The molecule has 0 spiro atoms. The lowest BCUT2D eigenvalue weighted by Gasteiger charge is -1.92. The summed E-state index contributed by atoms with van der Waals surface area (Å²) in [5, 5.41) is 0. The number of hydrogen-bond acceptors (Lipinski definition) is 3. The first-order valence-corrected chi connectivity index (χ1v) is 6.62. The Hall–Kier alpha value is -0.870. The lowest BCUT2D eigenvalue weighted by molar-refractivity contribution is 0.101. The summed E-state index contributed by atoms with van der Waals surface area (Å²) in [5.74, 6) is 1.22. The summed E-state index contributed by atoms with van der Waals surface area (Å²) < 4.78 is 6.44. The summed E-state index contributed by atoms with van der Waals surface area (Å²) in [6.07, 6.45) is 0.806. The first-order valence-electron chi connectivity index (χ1n) is 5.01. The molecule has 4 heteroatoms. The van der Waals surface area contributed by atoms with Crippen molar-refractivity contribution in [2.24, 2.45) is 0 Å². The number of furan rings is 1. The lowest BCUT2D eigenvalue weighted by atomic mass is 10.2. The van der Waals surface area contributed by atoms with Gasteiger partial charge in [-0.25, -0.2) is 0 Å². The Balaban J connectivity index is 2.31. The van der Waals surface area contributed by atoms with Crippen LogP contribution >= 0.6 is 27.3 Å². The number of halogens is 1. The van der Waals surface area contributed by atoms with Crippen molar-refractivity contribution in [2.75, 3.05) is 0 Å². The molecule has 0 fully saturated rings. The average Bonchev–Trinajstić information content (AvgIpc) is 2.86. The number of carbonyl (C=O) groups is 1. The van der Waals surface area contributed by atoms with Gasteiger partial charge in [-0.15, -0.1) is 11.3 Å². The number of thiophene rings is 1. The third-order valence-electron chi connectivity index (χ3n) is 2.31. The van der Waals surface area contributed by atoms with E-state index in [0.717, 1.165) is 21.5 Å². The molecular weight excluding hydrogens is 288 g/mol. The number of ketones is 1. The van der Waals surface area contributed by atoms with Crippen LogP contribution in [0, 0.1) is 6.92 Å². The van der Waals surface area contributed by atoms with Gasteiger partial charge in [0.05, 0.1) is 8.66 Å². The van der Waals surface area contributed by atoms with Crippen LogP contribution in [0.25, 0.3) is 0 Å². The minimum atomic E-state index is -0.0431. The van der Waals surface area contributed by atoms with Crippen LogP contribution in [-0.2, 0) is 6.42 Å². The maximum Gasteiger partial charge on any atom is 0.238 e. The highest BCUT2D eigenvalue weighted by molar-refractivity contribution is 9.11. The smallest absolute Gasteiger partial charge is 0.238 e.